The molecule has 64 valence electrons. The molecule has 0 spiro atoms. The maximum absolute atomic E-state index is 4.24. The minimum absolute atomic E-state index is 0.394. The number of aliphatic imine (C=N–C) groups is 1. The van der Waals surface area contributed by atoms with Gasteiger partial charge in [-0.3, -0.25) is 0 Å². The zero-order valence-electron chi connectivity index (χ0n) is 6.70. The number of amidine groups is 1. The summed E-state index contributed by atoms with van der Waals surface area (Å²) >= 11 is 0. The summed E-state index contributed by atoms with van der Waals surface area (Å²) in [5.74, 6) is 0.801. The van der Waals surface area contributed by atoms with Crippen molar-refractivity contribution in [1.82, 2.24) is 14.6 Å². The molecule has 0 fully saturated rings. The van der Waals surface area contributed by atoms with Gasteiger partial charge in [0, 0.05) is 12.4 Å². The van der Waals surface area contributed by atoms with Crippen molar-refractivity contribution in [2.45, 2.75) is 0 Å². The van der Waals surface area contributed by atoms with Crippen LogP contribution in [0.3, 0.4) is 0 Å². The van der Waals surface area contributed by atoms with Gasteiger partial charge in [0.2, 0.25) is 0 Å². The van der Waals surface area contributed by atoms with E-state index in [1.807, 2.05) is 10.8 Å². The number of hydrogen-bond acceptors (Lipinski definition) is 5. The van der Waals surface area contributed by atoms with E-state index in [1.165, 1.54) is 0 Å². The fourth-order valence-electron chi connectivity index (χ4n) is 1.34. The van der Waals surface area contributed by atoms with Crippen LogP contribution >= 0.6 is 0 Å². The van der Waals surface area contributed by atoms with Gasteiger partial charge in [-0.05, 0) is 0 Å². The molecule has 6 nitrogen and oxygen atoms in total. The molecule has 0 N–H and O–H groups in total. The topological polar surface area (TPSA) is 58.1 Å². The van der Waals surface area contributed by atoms with Gasteiger partial charge < -0.3 is 4.57 Å². The maximum Gasteiger partial charge on any atom is 0.178 e. The van der Waals surface area contributed by atoms with Crippen molar-refractivity contribution in [3.05, 3.63) is 24.4 Å². The molecule has 3 heterocycles. The number of imidazole rings is 1. The molecule has 0 radical (unpaired) electrons. The van der Waals surface area contributed by atoms with Crippen LogP contribution in [-0.2, 0) is 0 Å². The van der Waals surface area contributed by atoms with Crippen LogP contribution in [0, 0.1) is 0 Å². The Hall–Kier alpha value is -1.98. The van der Waals surface area contributed by atoms with Crippen LogP contribution in [-0.4, -0.2) is 27.1 Å². The molecule has 6 heteroatoms. The second-order valence-electron chi connectivity index (χ2n) is 2.68. The van der Waals surface area contributed by atoms with Gasteiger partial charge in [-0.15, -0.1) is 5.11 Å². The zero-order chi connectivity index (χ0) is 8.67. The zero-order valence-corrected chi connectivity index (χ0v) is 6.70. The molecule has 2 aliphatic rings. The average molecular weight is 174 g/mol. The Morgan fingerprint density at radius 2 is 2.31 bits per heavy atom. The molecule has 0 aromatic carbocycles. The summed E-state index contributed by atoms with van der Waals surface area (Å²) in [6.07, 6.45) is 7.16. The summed E-state index contributed by atoms with van der Waals surface area (Å²) in [5.41, 5.74) is 0.946. The first-order valence-electron chi connectivity index (χ1n) is 3.87. The molecule has 1 aromatic rings. The predicted molar refractivity (Wildman–Crippen MR) is 45.7 cm³/mol. The highest BCUT2D eigenvalue weighted by atomic mass is 15.6. The summed E-state index contributed by atoms with van der Waals surface area (Å²) < 4.78 is 1.90. The van der Waals surface area contributed by atoms with Crippen molar-refractivity contribution in [3.63, 3.8) is 0 Å². The Kier molecular flexibility index (Phi) is 1.13. The largest absolute Gasteiger partial charge is 0.301 e. The Bertz CT molecular complexity index is 426. The molecule has 13 heavy (non-hydrogen) atoms. The quantitative estimate of drug-likeness (QED) is 0.581. The van der Waals surface area contributed by atoms with E-state index in [4.69, 9.17) is 0 Å². The van der Waals surface area contributed by atoms with Crippen LogP contribution in [0.2, 0.25) is 0 Å². The van der Waals surface area contributed by atoms with Crippen LogP contribution in [0.4, 0.5) is 0 Å². The molecule has 0 aliphatic carbocycles. The van der Waals surface area contributed by atoms with E-state index in [9.17, 15) is 0 Å². The third-order valence-electron chi connectivity index (χ3n) is 1.92. The van der Waals surface area contributed by atoms with Gasteiger partial charge in [-0.1, -0.05) is 5.22 Å². The van der Waals surface area contributed by atoms with Crippen molar-refractivity contribution < 1.29 is 0 Å². The highest BCUT2D eigenvalue weighted by Gasteiger charge is 2.20. The molecule has 0 amide bonds. The molecule has 2 aliphatic heterocycles. The van der Waals surface area contributed by atoms with Crippen LogP contribution in [0.25, 0.3) is 6.20 Å². The van der Waals surface area contributed by atoms with Crippen molar-refractivity contribution >= 4 is 12.0 Å². The number of fused-ring (bicyclic) bond motifs is 3. The van der Waals surface area contributed by atoms with Gasteiger partial charge in [0.1, 0.15) is 5.69 Å². The highest BCUT2D eigenvalue weighted by Crippen LogP contribution is 2.16. The van der Waals surface area contributed by atoms with E-state index >= 15 is 0 Å². The first-order chi connectivity index (χ1) is 6.45. The third-order valence-corrected chi connectivity index (χ3v) is 1.92. The molecule has 0 bridgehead atoms. The van der Waals surface area contributed by atoms with Gasteiger partial charge in [-0.25, -0.2) is 15.0 Å². The van der Waals surface area contributed by atoms with Crippen molar-refractivity contribution in [2.75, 3.05) is 6.67 Å². The lowest BCUT2D eigenvalue weighted by molar-refractivity contribution is 0.512. The molecule has 3 rings (SSSR count). The number of rotatable bonds is 0. The minimum atomic E-state index is 0.394. The van der Waals surface area contributed by atoms with Crippen LogP contribution < -0.4 is 0 Å². The molecule has 0 saturated heterocycles. The Morgan fingerprint density at radius 1 is 1.31 bits per heavy atom. The second-order valence-corrected chi connectivity index (χ2v) is 2.68. The van der Waals surface area contributed by atoms with Crippen molar-refractivity contribution in [3.8, 4) is 0 Å². The molecule has 0 atom stereocenters. The normalized spacial score (nSPS) is 18.2. The maximum atomic E-state index is 4.24. The van der Waals surface area contributed by atoms with Crippen LogP contribution in [0.1, 0.15) is 5.69 Å². The molecular formula is C7H6N6. The summed E-state index contributed by atoms with van der Waals surface area (Å²) in [4.78, 5) is 8.26. The van der Waals surface area contributed by atoms with Crippen molar-refractivity contribution in [2.24, 2.45) is 15.3 Å². The fourth-order valence-corrected chi connectivity index (χ4v) is 1.34. The minimum Gasteiger partial charge on any atom is -0.301 e. The van der Waals surface area contributed by atoms with Gasteiger partial charge in [0.05, 0.1) is 12.5 Å². The van der Waals surface area contributed by atoms with E-state index in [1.54, 1.807) is 23.7 Å². The average Bonchev–Trinajstić information content (AvgIpc) is 2.65. The standard InChI is InChI=1S/C7H6N6/c1-2-13-7(9-4-10-11-13)6-3-8-5-12(1)6/h1-3,5H,4H2. The van der Waals surface area contributed by atoms with Gasteiger partial charge in [0.25, 0.3) is 0 Å². The summed E-state index contributed by atoms with van der Waals surface area (Å²) in [7, 11) is 0. The molecular weight excluding hydrogens is 168 g/mol. The third kappa shape index (κ3) is 0.821. The number of aromatic nitrogens is 2. The second kappa shape index (κ2) is 2.25. The summed E-state index contributed by atoms with van der Waals surface area (Å²) in [6, 6.07) is 0. The lowest BCUT2D eigenvalue weighted by atomic mass is 10.3. The summed E-state index contributed by atoms with van der Waals surface area (Å²) in [5, 5.41) is 9.37. The van der Waals surface area contributed by atoms with Gasteiger partial charge in [0.15, 0.2) is 12.5 Å². The number of hydrogen-bond donors (Lipinski definition) is 0. The van der Waals surface area contributed by atoms with Crippen LogP contribution in [0.15, 0.2) is 34.1 Å². The number of nitrogens with zero attached hydrogens (tertiary/aromatic N) is 6. The summed E-state index contributed by atoms with van der Waals surface area (Å²) in [6.45, 7) is 0.394. The first kappa shape index (κ1) is 6.53. The molecule has 1 aromatic heterocycles. The van der Waals surface area contributed by atoms with Gasteiger partial charge in [-0.2, -0.15) is 0 Å². The fraction of sp³-hybridized carbons (Fsp3) is 0.143. The lowest BCUT2D eigenvalue weighted by Gasteiger charge is -2.21. The smallest absolute Gasteiger partial charge is 0.178 e. The lowest BCUT2D eigenvalue weighted by Crippen LogP contribution is -2.28. The van der Waals surface area contributed by atoms with E-state index in [2.05, 4.69) is 20.3 Å². The predicted octanol–water partition coefficient (Wildman–Crippen LogP) is 0.712. The monoisotopic (exact) mass is 174 g/mol. The first-order valence-corrected chi connectivity index (χ1v) is 3.87. The SMILES string of the molecule is C1=Cn2cncc2C2=NCN=NN12. The van der Waals surface area contributed by atoms with Crippen LogP contribution in [0.5, 0.6) is 0 Å². The van der Waals surface area contributed by atoms with E-state index in [0.29, 0.717) is 6.67 Å². The Labute approximate surface area is 73.9 Å². The van der Waals surface area contributed by atoms with Gasteiger partial charge >= 0.3 is 0 Å². The Morgan fingerprint density at radius 3 is 3.31 bits per heavy atom. The Balaban J connectivity index is 2.19. The highest BCUT2D eigenvalue weighted by molar-refractivity contribution is 5.99. The molecule has 0 saturated carbocycles. The van der Waals surface area contributed by atoms with E-state index in [0.717, 1.165) is 11.5 Å². The van der Waals surface area contributed by atoms with E-state index in [-0.39, 0.29) is 0 Å². The van der Waals surface area contributed by atoms with E-state index < -0.39 is 0 Å². The molecule has 0 unspecified atom stereocenters. The van der Waals surface area contributed by atoms with Crippen molar-refractivity contribution in [1.29, 1.82) is 0 Å².